The van der Waals surface area contributed by atoms with Gasteiger partial charge in [0, 0.05) is 37.3 Å². The molecular formula is C21H25N7O. The maximum Gasteiger partial charge on any atom is 0.203 e. The molecule has 3 aromatic rings. The van der Waals surface area contributed by atoms with Crippen molar-refractivity contribution in [2.45, 2.75) is 39.3 Å². The molecule has 0 N–H and O–H groups in total. The molecule has 8 nitrogen and oxygen atoms in total. The van der Waals surface area contributed by atoms with Gasteiger partial charge < -0.3 is 0 Å². The number of hydrazone groups is 1. The molecule has 8 heteroatoms. The minimum absolute atomic E-state index is 0.0485. The second-order valence-electron chi connectivity index (χ2n) is 7.15. The van der Waals surface area contributed by atoms with E-state index in [4.69, 9.17) is 0 Å². The molecule has 0 aliphatic carbocycles. The van der Waals surface area contributed by atoms with Crippen LogP contribution in [0.3, 0.4) is 0 Å². The number of nitrogens with zero attached hydrogens (tertiary/aromatic N) is 7. The standard InChI is InChI=1S/C21H25N7O/c1-3-9-27-15-22-21(25-27)17-7-5-6-16(11-17)12-19-20(29)8-10-28(24-19)18-13-23-26(4-2)14-18/h5-8,10-11,13,15,18H,3-4,9,12,14H2,1-2H3. The Morgan fingerprint density at radius 1 is 1.17 bits per heavy atom. The summed E-state index contributed by atoms with van der Waals surface area (Å²) < 4.78 is 3.68. The Balaban J connectivity index is 1.55. The lowest BCUT2D eigenvalue weighted by Gasteiger charge is -2.15. The van der Waals surface area contributed by atoms with Crippen LogP contribution in [0.25, 0.3) is 11.4 Å². The van der Waals surface area contributed by atoms with Gasteiger partial charge in [0.2, 0.25) is 5.43 Å². The lowest BCUT2D eigenvalue weighted by molar-refractivity contribution is 0.304. The van der Waals surface area contributed by atoms with Gasteiger partial charge in [-0.25, -0.2) is 4.98 Å². The molecule has 0 bridgehead atoms. The van der Waals surface area contributed by atoms with Crippen molar-refractivity contribution in [2.24, 2.45) is 5.10 Å². The quantitative estimate of drug-likeness (QED) is 0.618. The van der Waals surface area contributed by atoms with Gasteiger partial charge in [-0.3, -0.25) is 19.2 Å². The van der Waals surface area contributed by atoms with Gasteiger partial charge in [0.15, 0.2) is 5.82 Å². The highest BCUT2D eigenvalue weighted by molar-refractivity contribution is 5.64. The van der Waals surface area contributed by atoms with E-state index in [-0.39, 0.29) is 11.5 Å². The van der Waals surface area contributed by atoms with Gasteiger partial charge in [-0.15, -0.1) is 0 Å². The topological polar surface area (TPSA) is 81.2 Å². The van der Waals surface area contributed by atoms with E-state index in [0.29, 0.717) is 17.9 Å². The molecule has 3 heterocycles. The van der Waals surface area contributed by atoms with E-state index in [1.54, 1.807) is 18.6 Å². The zero-order valence-electron chi connectivity index (χ0n) is 16.8. The first-order chi connectivity index (χ1) is 14.2. The number of rotatable bonds is 7. The zero-order chi connectivity index (χ0) is 20.2. The predicted molar refractivity (Wildman–Crippen MR) is 112 cm³/mol. The molecule has 1 unspecified atom stereocenters. The minimum atomic E-state index is -0.0562. The summed E-state index contributed by atoms with van der Waals surface area (Å²) in [6.07, 6.45) is 6.85. The molecule has 150 valence electrons. The molecule has 1 atom stereocenters. The lowest BCUT2D eigenvalue weighted by atomic mass is 10.1. The Hall–Kier alpha value is -3.29. The van der Waals surface area contributed by atoms with Gasteiger partial charge in [-0.05, 0) is 25.0 Å². The van der Waals surface area contributed by atoms with Crippen LogP contribution in [0.2, 0.25) is 0 Å². The summed E-state index contributed by atoms with van der Waals surface area (Å²) in [4.78, 5) is 16.8. The first-order valence-corrected chi connectivity index (χ1v) is 10.0. The van der Waals surface area contributed by atoms with Gasteiger partial charge in [0.25, 0.3) is 0 Å². The predicted octanol–water partition coefficient (Wildman–Crippen LogP) is 2.37. The first kappa shape index (κ1) is 19.0. The Kier molecular flexibility index (Phi) is 5.50. The number of aromatic nitrogens is 5. The van der Waals surface area contributed by atoms with E-state index in [2.05, 4.69) is 34.1 Å². The Labute approximate surface area is 169 Å². The monoisotopic (exact) mass is 391 g/mol. The second kappa shape index (κ2) is 8.38. The maximum atomic E-state index is 12.4. The average molecular weight is 391 g/mol. The van der Waals surface area contributed by atoms with Crippen LogP contribution in [-0.2, 0) is 13.0 Å². The molecular weight excluding hydrogens is 366 g/mol. The van der Waals surface area contributed by atoms with Crippen LogP contribution in [0.5, 0.6) is 0 Å². The molecule has 0 fully saturated rings. The van der Waals surface area contributed by atoms with E-state index >= 15 is 0 Å². The summed E-state index contributed by atoms with van der Waals surface area (Å²) >= 11 is 0. The molecule has 0 radical (unpaired) electrons. The molecule has 0 spiro atoms. The van der Waals surface area contributed by atoms with Gasteiger partial charge in [-0.2, -0.15) is 15.3 Å². The van der Waals surface area contributed by atoms with Crippen molar-refractivity contribution < 1.29 is 0 Å². The second-order valence-corrected chi connectivity index (χ2v) is 7.15. The zero-order valence-corrected chi connectivity index (χ0v) is 16.8. The summed E-state index contributed by atoms with van der Waals surface area (Å²) in [7, 11) is 0. The van der Waals surface area contributed by atoms with Crippen molar-refractivity contribution in [3.05, 3.63) is 64.3 Å². The fraction of sp³-hybridized carbons (Fsp3) is 0.381. The summed E-state index contributed by atoms with van der Waals surface area (Å²) in [5, 5.41) is 15.5. The van der Waals surface area contributed by atoms with E-state index in [1.165, 1.54) is 0 Å². The van der Waals surface area contributed by atoms with Gasteiger partial charge in [-0.1, -0.05) is 25.1 Å². The molecule has 0 saturated heterocycles. The van der Waals surface area contributed by atoms with E-state index in [0.717, 1.165) is 37.2 Å². The van der Waals surface area contributed by atoms with Crippen LogP contribution in [0, 0.1) is 0 Å². The van der Waals surface area contributed by atoms with Crippen LogP contribution in [-0.4, -0.2) is 48.9 Å². The van der Waals surface area contributed by atoms with Crippen molar-refractivity contribution >= 4 is 6.21 Å². The van der Waals surface area contributed by atoms with E-state index in [1.807, 2.05) is 44.9 Å². The Morgan fingerprint density at radius 2 is 2.07 bits per heavy atom. The Morgan fingerprint density at radius 3 is 2.86 bits per heavy atom. The summed E-state index contributed by atoms with van der Waals surface area (Å²) in [5.41, 5.74) is 2.42. The van der Waals surface area contributed by atoms with Crippen molar-refractivity contribution in [3.63, 3.8) is 0 Å². The fourth-order valence-corrected chi connectivity index (χ4v) is 3.39. The number of benzene rings is 1. The Bertz CT molecular complexity index is 1070. The minimum Gasteiger partial charge on any atom is -0.295 e. The smallest absolute Gasteiger partial charge is 0.203 e. The lowest BCUT2D eigenvalue weighted by Crippen LogP contribution is -2.25. The van der Waals surface area contributed by atoms with Crippen molar-refractivity contribution in [3.8, 4) is 11.4 Å². The normalized spacial score (nSPS) is 15.9. The number of hydrogen-bond acceptors (Lipinski definition) is 6. The van der Waals surface area contributed by atoms with Crippen molar-refractivity contribution in [1.29, 1.82) is 0 Å². The fourth-order valence-electron chi connectivity index (χ4n) is 3.39. The van der Waals surface area contributed by atoms with E-state index in [9.17, 15) is 4.79 Å². The van der Waals surface area contributed by atoms with Crippen LogP contribution in [0.1, 0.15) is 37.6 Å². The van der Waals surface area contributed by atoms with Crippen molar-refractivity contribution in [2.75, 3.05) is 13.1 Å². The molecule has 1 aliphatic rings. The highest BCUT2D eigenvalue weighted by Gasteiger charge is 2.19. The van der Waals surface area contributed by atoms with Gasteiger partial charge in [0.1, 0.15) is 18.1 Å². The van der Waals surface area contributed by atoms with E-state index < -0.39 is 0 Å². The number of likely N-dealkylation sites (N-methyl/N-ethyl adjacent to an activating group) is 1. The first-order valence-electron chi connectivity index (χ1n) is 10.0. The van der Waals surface area contributed by atoms with Gasteiger partial charge in [0.05, 0.1) is 12.8 Å². The van der Waals surface area contributed by atoms with Crippen LogP contribution < -0.4 is 5.43 Å². The summed E-state index contributed by atoms with van der Waals surface area (Å²) in [6, 6.07) is 9.62. The molecule has 0 saturated carbocycles. The van der Waals surface area contributed by atoms with Crippen LogP contribution in [0.4, 0.5) is 0 Å². The maximum absolute atomic E-state index is 12.4. The molecule has 1 aliphatic heterocycles. The third-order valence-electron chi connectivity index (χ3n) is 4.95. The van der Waals surface area contributed by atoms with Gasteiger partial charge >= 0.3 is 0 Å². The average Bonchev–Trinajstić information content (AvgIpc) is 3.40. The molecule has 2 aromatic heterocycles. The molecule has 1 aromatic carbocycles. The van der Waals surface area contributed by atoms with Crippen LogP contribution >= 0.6 is 0 Å². The SMILES string of the molecule is CCCn1cnc(-c2cccc(Cc3nn(C4C=NN(CC)C4)ccc3=O)c2)n1. The summed E-state index contributed by atoms with van der Waals surface area (Å²) in [5.74, 6) is 0.695. The number of hydrogen-bond donors (Lipinski definition) is 0. The molecule has 29 heavy (non-hydrogen) atoms. The summed E-state index contributed by atoms with van der Waals surface area (Å²) in [6.45, 7) is 6.65. The van der Waals surface area contributed by atoms with Crippen molar-refractivity contribution in [1.82, 2.24) is 29.6 Å². The third kappa shape index (κ3) is 4.26. The number of aryl methyl sites for hydroxylation is 1. The highest BCUT2D eigenvalue weighted by atomic mass is 16.1. The third-order valence-corrected chi connectivity index (χ3v) is 4.95. The molecule has 0 amide bonds. The largest absolute Gasteiger partial charge is 0.295 e. The molecule has 4 rings (SSSR count). The highest BCUT2D eigenvalue weighted by Crippen LogP contribution is 2.18. The van der Waals surface area contributed by atoms with Crippen LogP contribution in [0.15, 0.2) is 52.8 Å².